The molecule has 1 saturated heterocycles. The molecule has 1 aromatic rings. The Hall–Kier alpha value is -1.10. The van der Waals surface area contributed by atoms with Gasteiger partial charge in [-0.3, -0.25) is 0 Å². The van der Waals surface area contributed by atoms with Crippen LogP contribution in [-0.2, 0) is 16.0 Å². The van der Waals surface area contributed by atoms with E-state index in [2.05, 4.69) is 5.32 Å². The van der Waals surface area contributed by atoms with Gasteiger partial charge >= 0.3 is 0 Å². The van der Waals surface area contributed by atoms with Crippen LogP contribution in [0.5, 0.6) is 0 Å². The molecule has 6 N–H and O–H groups in total. The van der Waals surface area contributed by atoms with Crippen molar-refractivity contribution in [2.24, 2.45) is 0 Å². The maximum atomic E-state index is 9.90. The van der Waals surface area contributed by atoms with E-state index in [-0.39, 0.29) is 13.2 Å². The predicted octanol–water partition coefficient (Wildman–Crippen LogP) is -2.05. The average molecular weight is 343 g/mol. The molecule has 1 fully saturated rings. The van der Waals surface area contributed by atoms with Gasteiger partial charge in [0, 0.05) is 13.1 Å². The first-order valence-corrected chi connectivity index (χ1v) is 7.87. The number of nitrogens with one attached hydrogen (secondary N) is 1. The molecule has 0 amide bonds. The lowest BCUT2D eigenvalue weighted by Crippen LogP contribution is -2.59. The van der Waals surface area contributed by atoms with E-state index in [9.17, 15) is 20.4 Å². The number of hydrogen-bond acceptors (Lipinski definition) is 8. The Morgan fingerprint density at radius 3 is 2.46 bits per heavy atom. The quantitative estimate of drug-likeness (QED) is 0.318. The summed E-state index contributed by atoms with van der Waals surface area (Å²) in [5, 5.41) is 51.2. The molecule has 2 unspecified atom stereocenters. The lowest BCUT2D eigenvalue weighted by Gasteiger charge is -2.39. The Morgan fingerprint density at radius 2 is 1.79 bits per heavy atom. The van der Waals surface area contributed by atoms with Gasteiger partial charge in [0.05, 0.1) is 19.3 Å². The second-order valence-electron chi connectivity index (χ2n) is 5.80. The minimum atomic E-state index is -1.49. The largest absolute Gasteiger partial charge is 0.394 e. The van der Waals surface area contributed by atoms with Crippen molar-refractivity contribution in [2.75, 3.05) is 19.8 Å². The highest BCUT2D eigenvalue weighted by Crippen LogP contribution is 2.21. The van der Waals surface area contributed by atoms with E-state index < -0.39 is 43.4 Å². The summed E-state index contributed by atoms with van der Waals surface area (Å²) in [6.45, 7) is 0.209. The molecule has 0 aliphatic carbocycles. The van der Waals surface area contributed by atoms with Crippen LogP contribution in [0.25, 0.3) is 0 Å². The molecule has 24 heavy (non-hydrogen) atoms. The first-order chi connectivity index (χ1) is 11.5. The summed E-state index contributed by atoms with van der Waals surface area (Å²) in [7, 11) is 0. The summed E-state index contributed by atoms with van der Waals surface area (Å²) in [4.78, 5) is 0. The van der Waals surface area contributed by atoms with Crippen molar-refractivity contribution in [3.8, 4) is 0 Å². The third-order valence-corrected chi connectivity index (χ3v) is 3.85. The van der Waals surface area contributed by atoms with E-state index in [1.807, 2.05) is 30.3 Å². The zero-order valence-corrected chi connectivity index (χ0v) is 13.2. The molecule has 136 valence electrons. The molecule has 6 atom stereocenters. The van der Waals surface area contributed by atoms with Gasteiger partial charge in [-0.1, -0.05) is 30.3 Å². The fourth-order valence-corrected chi connectivity index (χ4v) is 2.45. The van der Waals surface area contributed by atoms with Crippen LogP contribution in [0.3, 0.4) is 0 Å². The number of rotatable bonds is 8. The number of benzene rings is 1. The van der Waals surface area contributed by atoms with Crippen LogP contribution in [0.15, 0.2) is 30.3 Å². The Bertz CT molecular complexity index is 473. The summed E-state index contributed by atoms with van der Waals surface area (Å²) < 4.78 is 10.5. The van der Waals surface area contributed by atoms with E-state index in [0.717, 1.165) is 5.56 Å². The molecular formula is C16H25NO7. The first-order valence-electron chi connectivity index (χ1n) is 7.87. The van der Waals surface area contributed by atoms with Gasteiger partial charge in [0.25, 0.3) is 0 Å². The maximum Gasteiger partial charge on any atom is 0.186 e. The summed E-state index contributed by atoms with van der Waals surface area (Å²) in [6.07, 6.45) is -7.49. The van der Waals surface area contributed by atoms with E-state index in [1.54, 1.807) is 0 Å². The molecule has 8 nitrogen and oxygen atoms in total. The molecule has 1 heterocycles. The fourth-order valence-electron chi connectivity index (χ4n) is 2.45. The van der Waals surface area contributed by atoms with Crippen molar-refractivity contribution in [3.05, 3.63) is 35.9 Å². The lowest BCUT2D eigenvalue weighted by atomic mass is 9.99. The Morgan fingerprint density at radius 1 is 1.08 bits per heavy atom. The Labute approximate surface area is 140 Å². The van der Waals surface area contributed by atoms with Crippen molar-refractivity contribution in [3.63, 3.8) is 0 Å². The van der Waals surface area contributed by atoms with Gasteiger partial charge in [-0.15, -0.1) is 0 Å². The highest BCUT2D eigenvalue weighted by molar-refractivity contribution is 5.14. The first kappa shape index (κ1) is 19.2. The SMILES string of the molecule is OC[C@H]1OC(OCC(O)CNCc2ccccc2)[C@H](O)[C@@H](O)[C@H]1O. The van der Waals surface area contributed by atoms with E-state index >= 15 is 0 Å². The predicted molar refractivity (Wildman–Crippen MR) is 83.9 cm³/mol. The lowest BCUT2D eigenvalue weighted by molar-refractivity contribution is -0.304. The highest BCUT2D eigenvalue weighted by atomic mass is 16.7. The maximum absolute atomic E-state index is 9.90. The fraction of sp³-hybridized carbons (Fsp3) is 0.625. The average Bonchev–Trinajstić information content (AvgIpc) is 2.60. The number of hydrogen-bond donors (Lipinski definition) is 6. The molecule has 0 spiro atoms. The van der Waals surface area contributed by atoms with Gasteiger partial charge in [0.1, 0.15) is 24.4 Å². The van der Waals surface area contributed by atoms with E-state index in [4.69, 9.17) is 14.6 Å². The number of aliphatic hydroxyl groups excluding tert-OH is 5. The van der Waals surface area contributed by atoms with E-state index in [0.29, 0.717) is 6.54 Å². The standard InChI is InChI=1S/C16H25NO7/c18-8-12-13(20)14(21)15(22)16(24-12)23-9-11(19)7-17-6-10-4-2-1-3-5-10/h1-5,11-22H,6-9H2/t11?,12-,13+,14+,15-,16?/m1/s1. The molecule has 0 bridgehead atoms. The van der Waals surface area contributed by atoms with Gasteiger partial charge in [-0.25, -0.2) is 0 Å². The van der Waals surface area contributed by atoms with Crippen molar-refractivity contribution in [2.45, 2.75) is 43.4 Å². The van der Waals surface area contributed by atoms with Crippen LogP contribution in [0, 0.1) is 0 Å². The van der Waals surface area contributed by atoms with Crippen molar-refractivity contribution in [1.82, 2.24) is 5.32 Å². The van der Waals surface area contributed by atoms with Gasteiger partial charge in [0.2, 0.25) is 0 Å². The summed E-state index contributed by atoms with van der Waals surface area (Å²) in [5.41, 5.74) is 1.08. The Balaban J connectivity index is 1.71. The zero-order chi connectivity index (χ0) is 17.5. The van der Waals surface area contributed by atoms with Gasteiger partial charge in [-0.05, 0) is 5.56 Å². The van der Waals surface area contributed by atoms with E-state index in [1.165, 1.54) is 0 Å². The topological polar surface area (TPSA) is 132 Å². The molecule has 0 radical (unpaired) electrons. The van der Waals surface area contributed by atoms with Crippen LogP contribution < -0.4 is 5.32 Å². The molecule has 0 aromatic heterocycles. The molecule has 1 aromatic carbocycles. The molecule has 2 rings (SSSR count). The van der Waals surface area contributed by atoms with Crippen LogP contribution in [0.4, 0.5) is 0 Å². The minimum Gasteiger partial charge on any atom is -0.394 e. The second-order valence-corrected chi connectivity index (χ2v) is 5.80. The number of ether oxygens (including phenoxy) is 2. The molecular weight excluding hydrogens is 318 g/mol. The molecule has 8 heteroatoms. The molecule has 1 aliphatic rings. The smallest absolute Gasteiger partial charge is 0.186 e. The normalized spacial score (nSPS) is 31.8. The zero-order valence-electron chi connectivity index (χ0n) is 13.2. The second kappa shape index (κ2) is 9.40. The summed E-state index contributed by atoms with van der Waals surface area (Å²) >= 11 is 0. The van der Waals surface area contributed by atoms with Crippen molar-refractivity contribution < 1.29 is 35.0 Å². The monoisotopic (exact) mass is 343 g/mol. The third-order valence-electron chi connectivity index (χ3n) is 3.85. The van der Waals surface area contributed by atoms with Crippen molar-refractivity contribution >= 4 is 0 Å². The van der Waals surface area contributed by atoms with Crippen LogP contribution >= 0.6 is 0 Å². The molecule has 0 saturated carbocycles. The van der Waals surface area contributed by atoms with Gasteiger partial charge < -0.3 is 40.3 Å². The number of aliphatic hydroxyl groups is 5. The van der Waals surface area contributed by atoms with Crippen LogP contribution in [0.2, 0.25) is 0 Å². The van der Waals surface area contributed by atoms with Crippen molar-refractivity contribution in [1.29, 1.82) is 0 Å². The van der Waals surface area contributed by atoms with Gasteiger partial charge in [0.15, 0.2) is 6.29 Å². The molecule has 1 aliphatic heterocycles. The third kappa shape index (κ3) is 5.20. The highest BCUT2D eigenvalue weighted by Gasteiger charge is 2.44. The summed E-state index contributed by atoms with van der Waals surface area (Å²) in [6, 6.07) is 9.70. The minimum absolute atomic E-state index is 0.134. The van der Waals surface area contributed by atoms with Crippen LogP contribution in [-0.4, -0.2) is 82.1 Å². The van der Waals surface area contributed by atoms with Crippen LogP contribution in [0.1, 0.15) is 5.56 Å². The van der Waals surface area contributed by atoms with Gasteiger partial charge in [-0.2, -0.15) is 0 Å². The summed E-state index contributed by atoms with van der Waals surface area (Å²) in [5.74, 6) is 0. The Kier molecular flexibility index (Phi) is 7.53.